The molecule has 0 saturated heterocycles. The highest BCUT2D eigenvalue weighted by atomic mass is 16.5. The minimum Gasteiger partial charge on any atom is -0.480 e. The van der Waals surface area contributed by atoms with E-state index in [4.69, 9.17) is 14.3 Å². The van der Waals surface area contributed by atoms with Crippen molar-refractivity contribution in [2.24, 2.45) is 0 Å². The quantitative estimate of drug-likeness (QED) is 0.757. The third-order valence-corrected chi connectivity index (χ3v) is 2.69. The van der Waals surface area contributed by atoms with Gasteiger partial charge in [-0.1, -0.05) is 0 Å². The van der Waals surface area contributed by atoms with Crippen LogP contribution in [0.25, 0.3) is 0 Å². The van der Waals surface area contributed by atoms with Crippen molar-refractivity contribution in [3.05, 3.63) is 52.8 Å². The van der Waals surface area contributed by atoms with Crippen LogP contribution >= 0.6 is 0 Å². The Morgan fingerprint density at radius 2 is 2.14 bits per heavy atom. The minimum absolute atomic E-state index is 0.0862. The number of nitrogens with one attached hydrogen (secondary N) is 1. The van der Waals surface area contributed by atoms with Gasteiger partial charge in [0.1, 0.15) is 12.3 Å². The molecule has 22 heavy (non-hydrogen) atoms. The second-order valence-electron chi connectivity index (χ2n) is 4.34. The maximum absolute atomic E-state index is 11.9. The van der Waals surface area contributed by atoms with Crippen LogP contribution in [0.15, 0.2) is 45.9 Å². The molecule has 8 heteroatoms. The number of ether oxygens (including phenoxy) is 1. The van der Waals surface area contributed by atoms with Crippen LogP contribution in [0.1, 0.15) is 5.76 Å². The van der Waals surface area contributed by atoms with Gasteiger partial charge in [0.2, 0.25) is 0 Å². The number of furan rings is 1. The number of pyridine rings is 1. The Hall–Kier alpha value is -3.03. The third-order valence-electron chi connectivity index (χ3n) is 2.69. The fourth-order valence-corrected chi connectivity index (χ4v) is 1.69. The Kier molecular flexibility index (Phi) is 4.97. The summed E-state index contributed by atoms with van der Waals surface area (Å²) in [5.41, 5.74) is -0.608. The monoisotopic (exact) mass is 306 g/mol. The molecule has 0 fully saturated rings. The Morgan fingerprint density at radius 3 is 2.82 bits per heavy atom. The van der Waals surface area contributed by atoms with Crippen molar-refractivity contribution in [1.29, 1.82) is 0 Å². The van der Waals surface area contributed by atoms with Crippen molar-refractivity contribution in [2.45, 2.75) is 13.1 Å². The molecule has 0 spiro atoms. The van der Waals surface area contributed by atoms with E-state index in [1.165, 1.54) is 24.6 Å². The lowest BCUT2D eigenvalue weighted by molar-refractivity contribution is -0.137. The smallest absolute Gasteiger partial charge is 0.323 e. The molecule has 0 aromatic carbocycles. The summed E-state index contributed by atoms with van der Waals surface area (Å²) < 4.78 is 11.2. The van der Waals surface area contributed by atoms with Crippen LogP contribution in [-0.4, -0.2) is 28.2 Å². The number of amides is 1. The predicted molar refractivity (Wildman–Crippen MR) is 74.4 cm³/mol. The zero-order chi connectivity index (χ0) is 15.9. The molecule has 2 heterocycles. The highest BCUT2D eigenvalue weighted by Crippen LogP contribution is 2.02. The maximum atomic E-state index is 11.9. The molecule has 2 rings (SSSR count). The Labute approximate surface area is 124 Å². The number of nitrogens with zero attached hydrogens (tertiary/aromatic N) is 1. The summed E-state index contributed by atoms with van der Waals surface area (Å²) in [5.74, 6) is -1.06. The van der Waals surface area contributed by atoms with Gasteiger partial charge in [-0.05, 0) is 24.3 Å². The first-order valence-corrected chi connectivity index (χ1v) is 6.39. The average Bonchev–Trinajstić information content (AvgIpc) is 2.99. The normalized spacial score (nSPS) is 10.2. The van der Waals surface area contributed by atoms with Gasteiger partial charge in [-0.3, -0.25) is 14.4 Å². The first-order chi connectivity index (χ1) is 10.6. The Bertz CT molecular complexity index is 704. The van der Waals surface area contributed by atoms with E-state index in [-0.39, 0.29) is 18.9 Å². The van der Waals surface area contributed by atoms with Crippen molar-refractivity contribution in [1.82, 2.24) is 9.88 Å². The molecular formula is C14H14N2O6. The third kappa shape index (κ3) is 4.23. The molecule has 8 nitrogen and oxygen atoms in total. The molecule has 2 aromatic heterocycles. The van der Waals surface area contributed by atoms with Gasteiger partial charge in [-0.25, -0.2) is 0 Å². The van der Waals surface area contributed by atoms with Gasteiger partial charge in [0.05, 0.1) is 12.8 Å². The van der Waals surface area contributed by atoms with Crippen molar-refractivity contribution >= 4 is 11.9 Å². The van der Waals surface area contributed by atoms with Crippen molar-refractivity contribution in [3.8, 4) is 5.75 Å². The van der Waals surface area contributed by atoms with E-state index < -0.39 is 24.0 Å². The standard InChI is InChI=1S/C14H14N2O6/c17-12(15-7-10-3-2-6-21-10)9-22-11-4-1-5-16(14(11)20)8-13(18)19/h1-6H,7-9H2,(H,15,17)(H,18,19). The largest absolute Gasteiger partial charge is 0.480 e. The van der Waals surface area contributed by atoms with Gasteiger partial charge in [-0.2, -0.15) is 0 Å². The lowest BCUT2D eigenvalue weighted by Gasteiger charge is -2.08. The molecule has 0 aliphatic carbocycles. The van der Waals surface area contributed by atoms with E-state index in [9.17, 15) is 14.4 Å². The first-order valence-electron chi connectivity index (χ1n) is 6.39. The number of carboxylic acid groups (broad SMARTS) is 1. The molecular weight excluding hydrogens is 292 g/mol. The predicted octanol–water partition coefficient (Wildman–Crippen LogP) is 0.221. The number of aromatic nitrogens is 1. The number of hydrogen-bond donors (Lipinski definition) is 2. The van der Waals surface area contributed by atoms with Crippen LogP contribution in [0.4, 0.5) is 0 Å². The molecule has 116 valence electrons. The summed E-state index contributed by atoms with van der Waals surface area (Å²) in [7, 11) is 0. The SMILES string of the molecule is O=C(O)Cn1cccc(OCC(=O)NCc2ccco2)c1=O. The van der Waals surface area contributed by atoms with E-state index in [2.05, 4.69) is 5.32 Å². The molecule has 1 amide bonds. The summed E-state index contributed by atoms with van der Waals surface area (Å²) in [5, 5.41) is 11.2. The molecule has 0 aliphatic heterocycles. The number of carbonyl (C=O) groups is 2. The average molecular weight is 306 g/mol. The summed E-state index contributed by atoms with van der Waals surface area (Å²) >= 11 is 0. The molecule has 0 saturated carbocycles. The van der Waals surface area contributed by atoms with E-state index in [0.29, 0.717) is 5.76 Å². The number of rotatable bonds is 7. The lowest BCUT2D eigenvalue weighted by Crippen LogP contribution is -2.30. The highest BCUT2D eigenvalue weighted by Gasteiger charge is 2.09. The van der Waals surface area contributed by atoms with Crippen LogP contribution in [0.2, 0.25) is 0 Å². The van der Waals surface area contributed by atoms with Gasteiger partial charge >= 0.3 is 5.97 Å². The van der Waals surface area contributed by atoms with Gasteiger partial charge < -0.3 is 24.1 Å². The van der Waals surface area contributed by atoms with E-state index in [1.54, 1.807) is 12.1 Å². The summed E-state index contributed by atoms with van der Waals surface area (Å²) in [6.07, 6.45) is 2.83. The molecule has 0 radical (unpaired) electrons. The van der Waals surface area contributed by atoms with Crippen LogP contribution in [0, 0.1) is 0 Å². The van der Waals surface area contributed by atoms with Gasteiger partial charge in [0.25, 0.3) is 11.5 Å². The van der Waals surface area contributed by atoms with E-state index >= 15 is 0 Å². The zero-order valence-electron chi connectivity index (χ0n) is 11.5. The fourth-order valence-electron chi connectivity index (χ4n) is 1.69. The lowest BCUT2D eigenvalue weighted by atomic mass is 10.4. The van der Waals surface area contributed by atoms with Crippen LogP contribution in [-0.2, 0) is 22.7 Å². The molecule has 0 aliphatic rings. The van der Waals surface area contributed by atoms with Crippen molar-refractivity contribution < 1.29 is 23.8 Å². The van der Waals surface area contributed by atoms with Crippen molar-refractivity contribution in [3.63, 3.8) is 0 Å². The topological polar surface area (TPSA) is 111 Å². The van der Waals surface area contributed by atoms with Gasteiger partial charge in [0, 0.05) is 6.20 Å². The second-order valence-corrected chi connectivity index (χ2v) is 4.34. The number of carbonyl (C=O) groups excluding carboxylic acids is 1. The summed E-state index contributed by atoms with van der Waals surface area (Å²) in [4.78, 5) is 34.1. The molecule has 0 bridgehead atoms. The summed E-state index contributed by atoms with van der Waals surface area (Å²) in [6.45, 7) is -0.610. The Balaban J connectivity index is 1.89. The fraction of sp³-hybridized carbons (Fsp3) is 0.214. The second kappa shape index (κ2) is 7.11. The zero-order valence-corrected chi connectivity index (χ0v) is 11.5. The molecule has 2 aromatic rings. The molecule has 0 unspecified atom stereocenters. The van der Waals surface area contributed by atoms with Crippen LogP contribution in [0.3, 0.4) is 0 Å². The van der Waals surface area contributed by atoms with Gasteiger partial charge in [-0.15, -0.1) is 0 Å². The maximum Gasteiger partial charge on any atom is 0.323 e. The number of hydrogen-bond acceptors (Lipinski definition) is 5. The van der Waals surface area contributed by atoms with E-state index in [1.807, 2.05) is 0 Å². The number of aliphatic carboxylic acids is 1. The highest BCUT2D eigenvalue weighted by molar-refractivity contribution is 5.77. The Morgan fingerprint density at radius 1 is 1.32 bits per heavy atom. The van der Waals surface area contributed by atoms with Gasteiger partial charge in [0.15, 0.2) is 12.4 Å². The minimum atomic E-state index is -1.14. The first kappa shape index (κ1) is 15.4. The summed E-state index contributed by atoms with van der Waals surface area (Å²) in [6, 6.07) is 6.26. The van der Waals surface area contributed by atoms with Crippen molar-refractivity contribution in [2.75, 3.05) is 6.61 Å². The molecule has 0 atom stereocenters. The van der Waals surface area contributed by atoms with Crippen LogP contribution < -0.4 is 15.6 Å². The van der Waals surface area contributed by atoms with Crippen LogP contribution in [0.5, 0.6) is 5.75 Å². The molecule has 2 N–H and O–H groups in total. The van der Waals surface area contributed by atoms with E-state index in [0.717, 1.165) is 4.57 Å². The number of carboxylic acids is 1.